The van der Waals surface area contributed by atoms with Gasteiger partial charge in [-0.3, -0.25) is 9.36 Å². The molecule has 0 aliphatic heterocycles. The first kappa shape index (κ1) is 19.5. The van der Waals surface area contributed by atoms with Gasteiger partial charge in [0.05, 0.1) is 5.56 Å². The van der Waals surface area contributed by atoms with E-state index in [1.807, 2.05) is 6.92 Å². The van der Waals surface area contributed by atoms with Gasteiger partial charge in [0.2, 0.25) is 0 Å². The summed E-state index contributed by atoms with van der Waals surface area (Å²) in [7, 11) is 0. The number of rotatable bonds is 6. The number of aromatic amines is 1. The Hall–Kier alpha value is -3.16. The van der Waals surface area contributed by atoms with E-state index in [1.54, 1.807) is 12.1 Å². The molecule has 0 spiro atoms. The molecule has 4 aliphatic rings. The van der Waals surface area contributed by atoms with Gasteiger partial charge in [-0.05, 0) is 80.5 Å². The highest BCUT2D eigenvalue weighted by molar-refractivity contribution is 5.87. The fourth-order valence-corrected chi connectivity index (χ4v) is 6.66. The van der Waals surface area contributed by atoms with E-state index >= 15 is 0 Å². The highest BCUT2D eigenvalue weighted by Gasteiger charge is 2.59. The third kappa shape index (κ3) is 2.81. The van der Waals surface area contributed by atoms with Gasteiger partial charge < -0.3 is 14.8 Å². The maximum absolute atomic E-state index is 13.4. The van der Waals surface area contributed by atoms with Gasteiger partial charge in [-0.1, -0.05) is 6.92 Å². The maximum Gasteiger partial charge on any atom is 0.335 e. The number of imidazole rings is 1. The SMILES string of the molecule is CCCn1c(Oc2ccc(C(=O)O)cc2)nc2nc(C34CC5CC(CC3C5)C4)[nH]c2c1=O. The molecule has 3 aromatic rings. The first-order valence-electron chi connectivity index (χ1n) is 11.5. The standard InChI is InChI=1S/C24H26N4O4/c1-2-7-28-20(29)18-19(27-23(28)32-17-5-3-15(4-6-17)21(30)31)26-22(25-18)24-11-13-8-14(12-24)10-16(24)9-13/h3-6,13-14,16H,2,7-12H2,1H3,(H,25,26)(H,30,31). The van der Waals surface area contributed by atoms with Crippen molar-refractivity contribution >= 4 is 17.1 Å². The van der Waals surface area contributed by atoms with Crippen molar-refractivity contribution in [2.75, 3.05) is 0 Å². The number of hydrogen-bond acceptors (Lipinski definition) is 5. The lowest BCUT2D eigenvalue weighted by molar-refractivity contribution is 0.0697. The Kier molecular flexibility index (Phi) is 4.22. The predicted molar refractivity (Wildman–Crippen MR) is 117 cm³/mol. The van der Waals surface area contributed by atoms with Crippen LogP contribution in [0.3, 0.4) is 0 Å². The van der Waals surface area contributed by atoms with Gasteiger partial charge in [0.15, 0.2) is 11.2 Å². The number of H-pyrrole nitrogens is 1. The Labute approximate surface area is 184 Å². The zero-order valence-electron chi connectivity index (χ0n) is 18.0. The van der Waals surface area contributed by atoms with E-state index in [0.717, 1.165) is 36.9 Å². The number of aromatic nitrogens is 4. The van der Waals surface area contributed by atoms with Crippen LogP contribution in [0.25, 0.3) is 11.2 Å². The highest BCUT2D eigenvalue weighted by atomic mass is 16.5. The number of ether oxygens (including phenoxy) is 1. The van der Waals surface area contributed by atoms with Crippen molar-refractivity contribution in [3.8, 4) is 11.8 Å². The van der Waals surface area contributed by atoms with Crippen molar-refractivity contribution in [1.82, 2.24) is 19.5 Å². The highest BCUT2D eigenvalue weighted by Crippen LogP contribution is 2.65. The van der Waals surface area contributed by atoms with Gasteiger partial charge in [0.25, 0.3) is 5.56 Å². The molecule has 166 valence electrons. The molecule has 32 heavy (non-hydrogen) atoms. The van der Waals surface area contributed by atoms with Crippen molar-refractivity contribution in [2.45, 2.75) is 57.4 Å². The molecule has 2 unspecified atom stereocenters. The van der Waals surface area contributed by atoms with Crippen LogP contribution in [-0.4, -0.2) is 30.6 Å². The van der Waals surface area contributed by atoms with Gasteiger partial charge in [0, 0.05) is 12.0 Å². The third-order valence-corrected chi connectivity index (χ3v) is 7.80. The smallest absolute Gasteiger partial charge is 0.335 e. The summed E-state index contributed by atoms with van der Waals surface area (Å²) in [6.07, 6.45) is 6.98. The van der Waals surface area contributed by atoms with Crippen LogP contribution in [0, 0.1) is 17.8 Å². The fraction of sp³-hybridized carbons (Fsp3) is 0.500. The normalized spacial score (nSPS) is 28.0. The molecule has 0 radical (unpaired) electrons. The predicted octanol–water partition coefficient (Wildman–Crippen LogP) is 4.10. The molecule has 8 heteroatoms. The molecule has 2 heterocycles. The number of aromatic carboxylic acids is 1. The molecule has 8 nitrogen and oxygen atoms in total. The van der Waals surface area contributed by atoms with Gasteiger partial charge in [-0.25, -0.2) is 9.78 Å². The van der Waals surface area contributed by atoms with E-state index in [1.165, 1.54) is 36.0 Å². The largest absolute Gasteiger partial charge is 0.478 e. The van der Waals surface area contributed by atoms with Crippen molar-refractivity contribution in [1.29, 1.82) is 0 Å². The number of carboxylic acid groups (broad SMARTS) is 1. The number of carboxylic acids is 1. The van der Waals surface area contributed by atoms with E-state index in [2.05, 4.69) is 9.97 Å². The average molecular weight is 434 g/mol. The monoisotopic (exact) mass is 434 g/mol. The summed E-state index contributed by atoms with van der Waals surface area (Å²) in [5.74, 6) is 2.59. The topological polar surface area (TPSA) is 110 Å². The van der Waals surface area contributed by atoms with E-state index in [9.17, 15) is 9.59 Å². The minimum absolute atomic E-state index is 0.0734. The van der Waals surface area contributed by atoms with Crippen molar-refractivity contribution in [3.63, 3.8) is 0 Å². The molecule has 2 N–H and O–H groups in total. The summed E-state index contributed by atoms with van der Waals surface area (Å²) in [6, 6.07) is 6.25. The van der Waals surface area contributed by atoms with Crippen molar-refractivity contribution in [2.24, 2.45) is 17.8 Å². The molecule has 2 aromatic heterocycles. The second kappa shape index (κ2) is 6.92. The Balaban J connectivity index is 1.41. The maximum atomic E-state index is 13.4. The van der Waals surface area contributed by atoms with Crippen LogP contribution < -0.4 is 10.3 Å². The zero-order valence-corrected chi connectivity index (χ0v) is 18.0. The summed E-state index contributed by atoms with van der Waals surface area (Å²) in [5, 5.41) is 9.10. The van der Waals surface area contributed by atoms with Crippen LogP contribution >= 0.6 is 0 Å². The first-order chi connectivity index (χ1) is 15.5. The number of benzene rings is 1. The van der Waals surface area contributed by atoms with E-state index in [-0.39, 0.29) is 22.5 Å². The third-order valence-electron chi connectivity index (χ3n) is 7.80. The summed E-state index contributed by atoms with van der Waals surface area (Å²) in [5.41, 5.74) is 0.910. The Morgan fingerprint density at radius 2 is 1.91 bits per heavy atom. The minimum atomic E-state index is -1.00. The second-order valence-corrected chi connectivity index (χ2v) is 9.77. The molecule has 1 aromatic carbocycles. The molecule has 0 saturated heterocycles. The first-order valence-corrected chi connectivity index (χ1v) is 11.5. The lowest BCUT2D eigenvalue weighted by Crippen LogP contribution is -2.29. The minimum Gasteiger partial charge on any atom is -0.478 e. The molecule has 0 amide bonds. The Morgan fingerprint density at radius 3 is 2.56 bits per heavy atom. The lowest BCUT2D eigenvalue weighted by Gasteiger charge is -2.30. The molecule has 4 aliphatic carbocycles. The van der Waals surface area contributed by atoms with Gasteiger partial charge in [0.1, 0.15) is 11.6 Å². The molecule has 4 fully saturated rings. The number of carbonyl (C=O) groups is 1. The van der Waals surface area contributed by atoms with Gasteiger partial charge >= 0.3 is 12.0 Å². The molecule has 2 atom stereocenters. The summed E-state index contributed by atoms with van der Waals surface area (Å²) in [4.78, 5) is 37.3. The zero-order chi connectivity index (χ0) is 22.0. The molecule has 7 rings (SSSR count). The summed E-state index contributed by atoms with van der Waals surface area (Å²) < 4.78 is 7.47. The lowest BCUT2D eigenvalue weighted by atomic mass is 9.75. The van der Waals surface area contributed by atoms with Gasteiger partial charge in [-0.2, -0.15) is 4.98 Å². The van der Waals surface area contributed by atoms with E-state index in [0.29, 0.717) is 29.4 Å². The van der Waals surface area contributed by atoms with Crippen LogP contribution in [0.5, 0.6) is 11.8 Å². The Morgan fingerprint density at radius 1 is 1.19 bits per heavy atom. The molecular formula is C24H26N4O4. The summed E-state index contributed by atoms with van der Waals surface area (Å²) >= 11 is 0. The summed E-state index contributed by atoms with van der Waals surface area (Å²) in [6.45, 7) is 2.46. The van der Waals surface area contributed by atoms with Gasteiger partial charge in [-0.15, -0.1) is 0 Å². The van der Waals surface area contributed by atoms with Crippen LogP contribution in [0.1, 0.15) is 61.6 Å². The molecule has 4 saturated carbocycles. The Bertz CT molecular complexity index is 1260. The van der Waals surface area contributed by atoms with Crippen LogP contribution in [0.4, 0.5) is 0 Å². The van der Waals surface area contributed by atoms with E-state index < -0.39 is 5.97 Å². The molecular weight excluding hydrogens is 408 g/mol. The van der Waals surface area contributed by atoms with Crippen LogP contribution in [-0.2, 0) is 12.0 Å². The second-order valence-electron chi connectivity index (χ2n) is 9.77. The number of fused-ring (bicyclic) bond motifs is 1. The number of nitrogens with one attached hydrogen (secondary N) is 1. The number of nitrogens with zero attached hydrogens (tertiary/aromatic N) is 3. The fourth-order valence-electron chi connectivity index (χ4n) is 6.66. The van der Waals surface area contributed by atoms with Crippen LogP contribution in [0.2, 0.25) is 0 Å². The molecule has 4 bridgehead atoms. The van der Waals surface area contributed by atoms with E-state index in [4.69, 9.17) is 14.8 Å². The van der Waals surface area contributed by atoms with Crippen LogP contribution in [0.15, 0.2) is 29.1 Å². The van der Waals surface area contributed by atoms with Crippen molar-refractivity contribution in [3.05, 3.63) is 46.0 Å². The quantitative estimate of drug-likeness (QED) is 0.604. The number of hydrogen-bond donors (Lipinski definition) is 2. The average Bonchev–Trinajstić information content (AvgIpc) is 3.38. The van der Waals surface area contributed by atoms with Crippen molar-refractivity contribution < 1.29 is 14.6 Å².